The Morgan fingerprint density at radius 3 is 2.89 bits per heavy atom. The number of nitrogen functional groups attached to an aromatic ring is 1. The number of rotatable bonds is 5. The summed E-state index contributed by atoms with van der Waals surface area (Å²) in [5.74, 6) is -0.0263. The summed E-state index contributed by atoms with van der Waals surface area (Å²) in [6.07, 6.45) is 0.873. The van der Waals surface area contributed by atoms with Gasteiger partial charge in [-0.1, -0.05) is 0 Å². The van der Waals surface area contributed by atoms with Gasteiger partial charge in [0.05, 0.1) is 6.61 Å². The average Bonchev–Trinajstić information content (AvgIpc) is 2.85. The van der Waals surface area contributed by atoms with Crippen LogP contribution in [0.5, 0.6) is 0 Å². The molecule has 0 saturated carbocycles. The smallest absolute Gasteiger partial charge is 0.161 e. The highest BCUT2D eigenvalue weighted by molar-refractivity contribution is 5.99. The first kappa shape index (κ1) is 13.8. The van der Waals surface area contributed by atoms with Gasteiger partial charge in [-0.05, 0) is 25.1 Å². The molecule has 1 unspecified atom stereocenters. The Morgan fingerprint density at radius 2 is 2.37 bits per heavy atom. The SMILES string of the molecule is COC1(CNc2ccc(C(C)=O)c(N)c2)CCOC1. The zero-order valence-corrected chi connectivity index (χ0v) is 11.4. The van der Waals surface area contributed by atoms with Crippen LogP contribution in [0.25, 0.3) is 0 Å². The van der Waals surface area contributed by atoms with Gasteiger partial charge in [-0.2, -0.15) is 0 Å². The number of carbonyl (C=O) groups is 1. The molecule has 1 aliphatic heterocycles. The fourth-order valence-corrected chi connectivity index (χ4v) is 2.22. The molecule has 0 amide bonds. The van der Waals surface area contributed by atoms with Crippen LogP contribution in [-0.2, 0) is 9.47 Å². The quantitative estimate of drug-likeness (QED) is 0.625. The van der Waals surface area contributed by atoms with E-state index >= 15 is 0 Å². The molecule has 1 aromatic carbocycles. The lowest BCUT2D eigenvalue weighted by molar-refractivity contribution is -0.00619. The van der Waals surface area contributed by atoms with Crippen LogP contribution in [0, 0.1) is 0 Å². The number of carbonyl (C=O) groups excluding carboxylic acids is 1. The van der Waals surface area contributed by atoms with Gasteiger partial charge in [0.2, 0.25) is 0 Å². The molecular formula is C14H20N2O3. The van der Waals surface area contributed by atoms with E-state index in [4.69, 9.17) is 15.2 Å². The van der Waals surface area contributed by atoms with E-state index in [0.29, 0.717) is 24.4 Å². The van der Waals surface area contributed by atoms with Gasteiger partial charge in [0.15, 0.2) is 5.78 Å². The summed E-state index contributed by atoms with van der Waals surface area (Å²) in [6, 6.07) is 5.37. The largest absolute Gasteiger partial charge is 0.398 e. The van der Waals surface area contributed by atoms with Gasteiger partial charge in [-0.25, -0.2) is 0 Å². The highest BCUT2D eigenvalue weighted by atomic mass is 16.5. The maximum Gasteiger partial charge on any atom is 0.161 e. The van der Waals surface area contributed by atoms with Crippen LogP contribution < -0.4 is 11.1 Å². The van der Waals surface area contributed by atoms with E-state index in [1.54, 1.807) is 19.2 Å². The van der Waals surface area contributed by atoms with E-state index in [2.05, 4.69) is 5.32 Å². The van der Waals surface area contributed by atoms with E-state index in [-0.39, 0.29) is 11.4 Å². The molecule has 0 spiro atoms. The fourth-order valence-electron chi connectivity index (χ4n) is 2.22. The van der Waals surface area contributed by atoms with Crippen molar-refractivity contribution < 1.29 is 14.3 Å². The Kier molecular flexibility index (Phi) is 4.07. The first-order chi connectivity index (χ1) is 9.06. The molecule has 1 atom stereocenters. The van der Waals surface area contributed by atoms with Crippen molar-refractivity contribution >= 4 is 17.2 Å². The van der Waals surface area contributed by atoms with Crippen molar-refractivity contribution in [2.75, 3.05) is 37.9 Å². The van der Waals surface area contributed by atoms with Gasteiger partial charge in [0.25, 0.3) is 0 Å². The van der Waals surface area contributed by atoms with Crippen molar-refractivity contribution in [1.29, 1.82) is 0 Å². The summed E-state index contributed by atoms with van der Waals surface area (Å²) in [4.78, 5) is 11.3. The molecule has 0 aliphatic carbocycles. The summed E-state index contributed by atoms with van der Waals surface area (Å²) in [7, 11) is 1.70. The van der Waals surface area contributed by atoms with Crippen LogP contribution >= 0.6 is 0 Å². The monoisotopic (exact) mass is 264 g/mol. The molecule has 1 saturated heterocycles. The first-order valence-corrected chi connectivity index (χ1v) is 6.33. The number of hydrogen-bond acceptors (Lipinski definition) is 5. The number of ketones is 1. The maximum absolute atomic E-state index is 11.3. The summed E-state index contributed by atoms with van der Waals surface area (Å²) in [5, 5.41) is 3.29. The third-order valence-electron chi connectivity index (χ3n) is 3.55. The minimum atomic E-state index is -0.270. The minimum absolute atomic E-state index is 0.0263. The standard InChI is InChI=1S/C14H20N2O3/c1-10(17)12-4-3-11(7-13(12)15)16-8-14(18-2)5-6-19-9-14/h3-4,7,16H,5-6,8-9,15H2,1-2H3. The lowest BCUT2D eigenvalue weighted by Crippen LogP contribution is -2.39. The van der Waals surface area contributed by atoms with Crippen LogP contribution in [0.15, 0.2) is 18.2 Å². The van der Waals surface area contributed by atoms with Gasteiger partial charge in [0, 0.05) is 43.6 Å². The lowest BCUT2D eigenvalue weighted by atomic mass is 10.0. The number of nitrogens with two attached hydrogens (primary N) is 1. The van der Waals surface area contributed by atoms with E-state index in [0.717, 1.165) is 18.7 Å². The number of ether oxygens (including phenoxy) is 2. The number of hydrogen-bond donors (Lipinski definition) is 2. The summed E-state index contributed by atoms with van der Waals surface area (Å²) >= 11 is 0. The predicted octanol–water partition coefficient (Wildman–Crippen LogP) is 1.69. The number of nitrogens with one attached hydrogen (secondary N) is 1. The van der Waals surface area contributed by atoms with Crippen molar-refractivity contribution in [3.05, 3.63) is 23.8 Å². The van der Waals surface area contributed by atoms with Crippen molar-refractivity contribution in [3.63, 3.8) is 0 Å². The van der Waals surface area contributed by atoms with E-state index < -0.39 is 0 Å². The second-order valence-electron chi connectivity index (χ2n) is 4.90. The Balaban J connectivity index is 2.03. The second-order valence-corrected chi connectivity index (χ2v) is 4.90. The van der Waals surface area contributed by atoms with Crippen LogP contribution in [0.3, 0.4) is 0 Å². The zero-order chi connectivity index (χ0) is 13.9. The molecule has 5 heteroatoms. The maximum atomic E-state index is 11.3. The van der Waals surface area contributed by atoms with Crippen LogP contribution in [0.4, 0.5) is 11.4 Å². The van der Waals surface area contributed by atoms with E-state index in [9.17, 15) is 4.79 Å². The molecule has 0 radical (unpaired) electrons. The predicted molar refractivity (Wildman–Crippen MR) is 74.5 cm³/mol. The van der Waals surface area contributed by atoms with Crippen molar-refractivity contribution in [1.82, 2.24) is 0 Å². The minimum Gasteiger partial charge on any atom is -0.398 e. The Morgan fingerprint density at radius 1 is 1.58 bits per heavy atom. The number of anilines is 2. The Bertz CT molecular complexity index is 468. The Hall–Kier alpha value is -1.59. The van der Waals surface area contributed by atoms with E-state index in [1.807, 2.05) is 6.07 Å². The molecule has 1 heterocycles. The normalized spacial score (nSPS) is 22.4. The first-order valence-electron chi connectivity index (χ1n) is 6.33. The van der Waals surface area contributed by atoms with Crippen LogP contribution in [-0.4, -0.2) is 38.3 Å². The molecule has 0 bridgehead atoms. The Labute approximate surface area is 113 Å². The number of Topliss-reactive ketones (excluding diaryl/α,β-unsaturated/α-hetero) is 1. The van der Waals surface area contributed by atoms with Gasteiger partial charge >= 0.3 is 0 Å². The van der Waals surface area contributed by atoms with Crippen LogP contribution in [0.1, 0.15) is 23.7 Å². The summed E-state index contributed by atoms with van der Waals surface area (Å²) in [6.45, 7) is 3.48. The average molecular weight is 264 g/mol. The molecule has 19 heavy (non-hydrogen) atoms. The highest BCUT2D eigenvalue weighted by Crippen LogP contribution is 2.24. The van der Waals surface area contributed by atoms with Gasteiger partial charge < -0.3 is 20.5 Å². The molecule has 104 valence electrons. The van der Waals surface area contributed by atoms with Gasteiger partial charge in [-0.15, -0.1) is 0 Å². The molecule has 0 aromatic heterocycles. The number of benzene rings is 1. The number of methoxy groups -OCH3 is 1. The molecular weight excluding hydrogens is 244 g/mol. The van der Waals surface area contributed by atoms with Crippen molar-refractivity contribution in [3.8, 4) is 0 Å². The summed E-state index contributed by atoms with van der Waals surface area (Å²) < 4.78 is 10.9. The van der Waals surface area contributed by atoms with Crippen molar-refractivity contribution in [2.45, 2.75) is 18.9 Å². The second kappa shape index (κ2) is 5.59. The van der Waals surface area contributed by atoms with Gasteiger partial charge in [0.1, 0.15) is 5.60 Å². The summed E-state index contributed by atoms with van der Waals surface area (Å²) in [5.41, 5.74) is 7.51. The molecule has 1 fully saturated rings. The van der Waals surface area contributed by atoms with Crippen molar-refractivity contribution in [2.24, 2.45) is 0 Å². The molecule has 1 aromatic rings. The molecule has 2 rings (SSSR count). The zero-order valence-electron chi connectivity index (χ0n) is 11.4. The molecule has 5 nitrogen and oxygen atoms in total. The van der Waals surface area contributed by atoms with Gasteiger partial charge in [-0.3, -0.25) is 4.79 Å². The topological polar surface area (TPSA) is 73.6 Å². The van der Waals surface area contributed by atoms with E-state index in [1.165, 1.54) is 6.92 Å². The molecule has 1 aliphatic rings. The lowest BCUT2D eigenvalue weighted by Gasteiger charge is -2.26. The van der Waals surface area contributed by atoms with Crippen LogP contribution in [0.2, 0.25) is 0 Å². The highest BCUT2D eigenvalue weighted by Gasteiger charge is 2.34. The third kappa shape index (κ3) is 3.05. The molecule has 3 N–H and O–H groups in total. The fraction of sp³-hybridized carbons (Fsp3) is 0.500. The third-order valence-corrected chi connectivity index (χ3v) is 3.55.